The number of amides is 2. The van der Waals surface area contributed by atoms with Crippen LogP contribution in [0.2, 0.25) is 5.02 Å². The third kappa shape index (κ3) is 5.52. The van der Waals surface area contributed by atoms with E-state index in [0.29, 0.717) is 10.6 Å². The van der Waals surface area contributed by atoms with E-state index in [1.165, 1.54) is 30.3 Å². The van der Waals surface area contributed by atoms with Crippen molar-refractivity contribution in [2.45, 2.75) is 36.9 Å². The molecule has 2 aromatic rings. The zero-order valence-electron chi connectivity index (χ0n) is 16.7. The summed E-state index contributed by atoms with van der Waals surface area (Å²) in [5.74, 6) is -3.17. The average molecular weight is 490 g/mol. The van der Waals surface area contributed by atoms with E-state index in [1.54, 1.807) is 19.1 Å². The number of aryl methyl sites for hydroxylation is 1. The van der Waals surface area contributed by atoms with Crippen LogP contribution in [0.25, 0.3) is 0 Å². The number of halogens is 4. The molecule has 0 spiro atoms. The molecule has 32 heavy (non-hydrogen) atoms. The first-order valence-corrected chi connectivity index (χ1v) is 11.3. The van der Waals surface area contributed by atoms with Gasteiger partial charge in [-0.3, -0.25) is 14.3 Å². The SMILES string of the molecule is Cc1ccc(NC(=O)C2CCC(C(F)(F)F)NC2=O)cc1S(=O)(=O)Nc1cccc(Cl)c1. The van der Waals surface area contributed by atoms with E-state index in [9.17, 15) is 31.2 Å². The summed E-state index contributed by atoms with van der Waals surface area (Å²) < 4.78 is 66.4. The third-order valence-corrected chi connectivity index (χ3v) is 6.67. The second kappa shape index (κ2) is 8.99. The van der Waals surface area contributed by atoms with Crippen molar-refractivity contribution in [3.05, 3.63) is 53.1 Å². The molecule has 0 bridgehead atoms. The predicted octanol–water partition coefficient (Wildman–Crippen LogP) is 3.84. The van der Waals surface area contributed by atoms with Crippen molar-refractivity contribution < 1.29 is 31.2 Å². The molecule has 3 rings (SSSR count). The second-order valence-electron chi connectivity index (χ2n) is 7.32. The quantitative estimate of drug-likeness (QED) is 0.555. The van der Waals surface area contributed by atoms with Gasteiger partial charge < -0.3 is 10.6 Å². The number of benzene rings is 2. The minimum Gasteiger partial charge on any atom is -0.344 e. The van der Waals surface area contributed by atoms with E-state index in [1.807, 2.05) is 5.32 Å². The number of carbonyl (C=O) groups is 2. The Balaban J connectivity index is 1.76. The molecule has 0 radical (unpaired) electrons. The Morgan fingerprint density at radius 1 is 1.12 bits per heavy atom. The lowest BCUT2D eigenvalue weighted by Gasteiger charge is -2.29. The first-order valence-electron chi connectivity index (χ1n) is 9.44. The van der Waals surface area contributed by atoms with Gasteiger partial charge in [-0.25, -0.2) is 8.42 Å². The highest BCUT2D eigenvalue weighted by Crippen LogP contribution is 2.29. The molecule has 3 N–H and O–H groups in total. The molecule has 1 saturated heterocycles. The van der Waals surface area contributed by atoms with Crippen LogP contribution in [0.15, 0.2) is 47.4 Å². The molecule has 0 aliphatic carbocycles. The standard InChI is InChI=1S/C20H19ClF3N3O4S/c1-11-5-6-13(10-16(11)32(30,31)27-14-4-2-3-12(21)9-14)25-18(28)15-7-8-17(20(22,23)24)26-19(15)29/h2-6,9-10,15,17,27H,7-8H2,1H3,(H,25,28)(H,26,29). The topological polar surface area (TPSA) is 104 Å². The zero-order valence-corrected chi connectivity index (χ0v) is 18.2. The lowest BCUT2D eigenvalue weighted by atomic mass is 9.92. The minimum atomic E-state index is -4.59. The van der Waals surface area contributed by atoms with Crippen molar-refractivity contribution in [3.63, 3.8) is 0 Å². The second-order valence-corrected chi connectivity index (χ2v) is 9.41. The Labute approximate surface area is 187 Å². The van der Waals surface area contributed by atoms with Crippen LogP contribution >= 0.6 is 11.6 Å². The molecule has 0 aromatic heterocycles. The first-order chi connectivity index (χ1) is 14.9. The fourth-order valence-electron chi connectivity index (χ4n) is 3.26. The Kier molecular flexibility index (Phi) is 6.70. The first kappa shape index (κ1) is 23.9. The molecule has 12 heteroatoms. The summed E-state index contributed by atoms with van der Waals surface area (Å²) >= 11 is 5.88. The summed E-state index contributed by atoms with van der Waals surface area (Å²) in [5.41, 5.74) is 0.711. The molecular formula is C20H19ClF3N3O4S. The van der Waals surface area contributed by atoms with Gasteiger partial charge in [0, 0.05) is 10.7 Å². The molecule has 2 amide bonds. The lowest BCUT2D eigenvalue weighted by Crippen LogP contribution is -2.53. The molecule has 7 nitrogen and oxygen atoms in total. The van der Waals surface area contributed by atoms with Crippen LogP contribution in [0.3, 0.4) is 0 Å². The van der Waals surface area contributed by atoms with Gasteiger partial charge in [0.25, 0.3) is 10.0 Å². The molecular weight excluding hydrogens is 471 g/mol. The summed E-state index contributed by atoms with van der Waals surface area (Å²) in [6.07, 6.45) is -5.30. The monoisotopic (exact) mass is 489 g/mol. The highest BCUT2D eigenvalue weighted by Gasteiger charge is 2.45. The van der Waals surface area contributed by atoms with Crippen LogP contribution in [0.1, 0.15) is 18.4 Å². The number of hydrogen-bond acceptors (Lipinski definition) is 4. The van der Waals surface area contributed by atoms with Crippen molar-refractivity contribution >= 4 is 44.8 Å². The summed E-state index contributed by atoms with van der Waals surface area (Å²) in [6.45, 7) is 1.56. The number of rotatable bonds is 5. The van der Waals surface area contributed by atoms with Crippen LogP contribution in [0.5, 0.6) is 0 Å². The third-order valence-electron chi connectivity index (χ3n) is 4.91. The Hall–Kier alpha value is -2.79. The van der Waals surface area contributed by atoms with Crippen molar-refractivity contribution in [2.75, 3.05) is 10.0 Å². The van der Waals surface area contributed by atoms with E-state index in [4.69, 9.17) is 11.6 Å². The van der Waals surface area contributed by atoms with Crippen LogP contribution in [0, 0.1) is 12.8 Å². The predicted molar refractivity (Wildman–Crippen MR) is 113 cm³/mol. The summed E-state index contributed by atoms with van der Waals surface area (Å²) in [7, 11) is -4.04. The molecule has 1 heterocycles. The van der Waals surface area contributed by atoms with Crippen molar-refractivity contribution in [1.29, 1.82) is 0 Å². The zero-order chi connectivity index (χ0) is 23.7. The molecule has 1 aliphatic rings. The summed E-state index contributed by atoms with van der Waals surface area (Å²) in [5, 5.41) is 4.56. The van der Waals surface area contributed by atoms with Crippen molar-refractivity contribution in [1.82, 2.24) is 5.32 Å². The largest absolute Gasteiger partial charge is 0.408 e. The molecule has 1 aliphatic heterocycles. The van der Waals surface area contributed by atoms with Gasteiger partial charge in [-0.2, -0.15) is 13.2 Å². The summed E-state index contributed by atoms with van der Waals surface area (Å²) in [4.78, 5) is 24.4. The molecule has 2 aromatic carbocycles. The maximum atomic E-state index is 12.8. The van der Waals surface area contributed by atoms with Gasteiger partial charge in [-0.1, -0.05) is 23.7 Å². The molecule has 2 atom stereocenters. The fourth-order valence-corrected chi connectivity index (χ4v) is 4.77. The molecule has 172 valence electrons. The van der Waals surface area contributed by atoms with Crippen molar-refractivity contribution in [2.24, 2.45) is 5.92 Å². The number of carbonyl (C=O) groups excluding carboxylic acids is 2. The minimum absolute atomic E-state index is 0.0813. The van der Waals surface area contributed by atoms with Crippen molar-refractivity contribution in [3.8, 4) is 0 Å². The number of piperidine rings is 1. The van der Waals surface area contributed by atoms with Gasteiger partial charge in [0.05, 0.1) is 10.6 Å². The molecule has 0 saturated carbocycles. The number of sulfonamides is 1. The van der Waals surface area contributed by atoms with E-state index in [0.717, 1.165) is 0 Å². The van der Waals surface area contributed by atoms with Gasteiger partial charge in [-0.05, 0) is 55.7 Å². The Morgan fingerprint density at radius 3 is 2.47 bits per heavy atom. The van der Waals surface area contributed by atoms with Gasteiger partial charge in [0.2, 0.25) is 11.8 Å². The highest BCUT2D eigenvalue weighted by atomic mass is 35.5. The summed E-state index contributed by atoms with van der Waals surface area (Å²) in [6, 6.07) is 8.21. The van der Waals surface area contributed by atoms with Crippen LogP contribution in [-0.2, 0) is 19.6 Å². The smallest absolute Gasteiger partial charge is 0.344 e. The van der Waals surface area contributed by atoms with Crippen LogP contribution in [0.4, 0.5) is 24.5 Å². The van der Waals surface area contributed by atoms with Gasteiger partial charge in [0.15, 0.2) is 0 Å². The lowest BCUT2D eigenvalue weighted by molar-refractivity contribution is -0.170. The number of nitrogens with one attached hydrogen (secondary N) is 3. The van der Waals surface area contributed by atoms with E-state index >= 15 is 0 Å². The normalized spacial score (nSPS) is 19.2. The highest BCUT2D eigenvalue weighted by molar-refractivity contribution is 7.92. The van der Waals surface area contributed by atoms with Gasteiger partial charge in [0.1, 0.15) is 12.0 Å². The van der Waals surface area contributed by atoms with Gasteiger partial charge >= 0.3 is 6.18 Å². The maximum Gasteiger partial charge on any atom is 0.408 e. The van der Waals surface area contributed by atoms with Crippen LogP contribution < -0.4 is 15.4 Å². The van der Waals surface area contributed by atoms with Gasteiger partial charge in [-0.15, -0.1) is 0 Å². The Morgan fingerprint density at radius 2 is 1.84 bits per heavy atom. The molecule has 2 unspecified atom stereocenters. The molecule has 1 fully saturated rings. The van der Waals surface area contributed by atoms with E-state index < -0.39 is 46.4 Å². The van der Waals surface area contributed by atoms with E-state index in [-0.39, 0.29) is 22.7 Å². The number of alkyl halides is 3. The number of hydrogen-bond donors (Lipinski definition) is 3. The number of anilines is 2. The maximum absolute atomic E-state index is 12.8. The average Bonchev–Trinajstić information content (AvgIpc) is 2.68. The fraction of sp³-hybridized carbons (Fsp3) is 0.300. The van der Waals surface area contributed by atoms with E-state index in [2.05, 4.69) is 10.0 Å². The van der Waals surface area contributed by atoms with Crippen LogP contribution in [-0.4, -0.2) is 32.5 Å². The Bertz CT molecular complexity index is 1160.